The van der Waals surface area contributed by atoms with E-state index in [0.29, 0.717) is 21.6 Å². The van der Waals surface area contributed by atoms with Crippen LogP contribution in [0.3, 0.4) is 0 Å². The molecule has 0 fully saturated rings. The predicted octanol–water partition coefficient (Wildman–Crippen LogP) is 4.55. The Balaban J connectivity index is 1.52. The van der Waals surface area contributed by atoms with E-state index in [1.165, 1.54) is 35.6 Å². The zero-order valence-electron chi connectivity index (χ0n) is 14.3. The van der Waals surface area contributed by atoms with Crippen molar-refractivity contribution in [2.24, 2.45) is 0 Å². The molecule has 3 rings (SSSR count). The van der Waals surface area contributed by atoms with Gasteiger partial charge in [0.15, 0.2) is 5.13 Å². The van der Waals surface area contributed by atoms with Gasteiger partial charge in [0.1, 0.15) is 5.82 Å². The summed E-state index contributed by atoms with van der Waals surface area (Å²) in [4.78, 5) is 29.0. The molecule has 0 bridgehead atoms. The molecule has 5 nitrogen and oxygen atoms in total. The number of aromatic nitrogens is 1. The minimum absolute atomic E-state index is 0.228. The van der Waals surface area contributed by atoms with Gasteiger partial charge in [-0.3, -0.25) is 9.59 Å². The van der Waals surface area contributed by atoms with Gasteiger partial charge in [0.05, 0.1) is 6.54 Å². The highest BCUT2D eigenvalue weighted by Gasteiger charge is 2.11. The summed E-state index contributed by atoms with van der Waals surface area (Å²) in [6.07, 6.45) is 2.22. The number of anilines is 1. The SMILES string of the molecule is O=C(CNC(=O)c1ccc(F)cc1)Nc1ncc(Cc2ccc(Cl)cc2Cl)s1. The molecule has 9 heteroatoms. The van der Waals surface area contributed by atoms with Crippen LogP contribution in [0.25, 0.3) is 0 Å². The second kappa shape index (κ2) is 9.14. The molecule has 3 aromatic rings. The van der Waals surface area contributed by atoms with Crippen molar-refractivity contribution in [2.45, 2.75) is 6.42 Å². The van der Waals surface area contributed by atoms with Crippen molar-refractivity contribution in [3.8, 4) is 0 Å². The number of thiazole rings is 1. The minimum atomic E-state index is -0.465. The van der Waals surface area contributed by atoms with Crippen LogP contribution in [0, 0.1) is 5.82 Å². The van der Waals surface area contributed by atoms with Crippen LogP contribution < -0.4 is 10.6 Å². The first-order chi connectivity index (χ1) is 13.4. The Kier molecular flexibility index (Phi) is 6.61. The van der Waals surface area contributed by atoms with Crippen LogP contribution in [0.2, 0.25) is 10.0 Å². The molecule has 0 aliphatic heterocycles. The van der Waals surface area contributed by atoms with Crippen molar-refractivity contribution in [1.82, 2.24) is 10.3 Å². The fraction of sp³-hybridized carbons (Fsp3) is 0.105. The highest BCUT2D eigenvalue weighted by Crippen LogP contribution is 2.26. The standard InChI is InChI=1S/C19H14Cl2FN3O2S/c20-13-4-1-12(16(21)8-13)7-15-9-24-19(28-15)25-17(26)10-23-18(27)11-2-5-14(22)6-3-11/h1-6,8-9H,7,10H2,(H,23,27)(H,24,25,26). The lowest BCUT2D eigenvalue weighted by Gasteiger charge is -2.05. The zero-order valence-corrected chi connectivity index (χ0v) is 16.7. The van der Waals surface area contributed by atoms with Crippen LogP contribution in [-0.4, -0.2) is 23.3 Å². The number of nitrogens with one attached hydrogen (secondary N) is 2. The summed E-state index contributed by atoms with van der Waals surface area (Å²) < 4.78 is 12.9. The molecule has 144 valence electrons. The van der Waals surface area contributed by atoms with Gasteiger partial charge >= 0.3 is 0 Å². The van der Waals surface area contributed by atoms with Crippen LogP contribution in [0.1, 0.15) is 20.8 Å². The van der Waals surface area contributed by atoms with Crippen LogP contribution in [0.5, 0.6) is 0 Å². The predicted molar refractivity (Wildman–Crippen MR) is 109 cm³/mol. The molecular weight excluding hydrogens is 424 g/mol. The largest absolute Gasteiger partial charge is 0.343 e. The molecule has 0 saturated carbocycles. The average molecular weight is 438 g/mol. The first kappa shape index (κ1) is 20.3. The van der Waals surface area contributed by atoms with Gasteiger partial charge in [-0.2, -0.15) is 0 Å². The lowest BCUT2D eigenvalue weighted by atomic mass is 10.1. The molecular formula is C19H14Cl2FN3O2S. The third kappa shape index (κ3) is 5.51. The smallest absolute Gasteiger partial charge is 0.251 e. The summed E-state index contributed by atoms with van der Waals surface area (Å²) in [5.74, 6) is -1.32. The molecule has 0 aliphatic carbocycles. The second-order valence-electron chi connectivity index (χ2n) is 5.78. The van der Waals surface area contributed by atoms with Crippen LogP contribution >= 0.6 is 34.5 Å². The molecule has 1 aromatic heterocycles. The summed E-state index contributed by atoms with van der Waals surface area (Å²) in [7, 11) is 0. The summed E-state index contributed by atoms with van der Waals surface area (Å²) in [5.41, 5.74) is 1.17. The zero-order chi connectivity index (χ0) is 20.1. The van der Waals surface area contributed by atoms with Crippen molar-refractivity contribution in [1.29, 1.82) is 0 Å². The van der Waals surface area contributed by atoms with E-state index in [1.807, 2.05) is 6.07 Å². The maximum Gasteiger partial charge on any atom is 0.251 e. The number of hydrogen-bond donors (Lipinski definition) is 2. The van der Waals surface area contributed by atoms with Crippen molar-refractivity contribution in [2.75, 3.05) is 11.9 Å². The number of rotatable bonds is 6. The molecule has 28 heavy (non-hydrogen) atoms. The number of carbonyl (C=O) groups is 2. The fourth-order valence-corrected chi connectivity index (χ4v) is 3.65. The Labute approximate surface area is 174 Å². The van der Waals surface area contributed by atoms with Gasteiger partial charge in [-0.1, -0.05) is 29.3 Å². The normalized spacial score (nSPS) is 10.5. The van der Waals surface area contributed by atoms with E-state index in [9.17, 15) is 14.0 Å². The number of nitrogens with zero attached hydrogens (tertiary/aromatic N) is 1. The summed E-state index contributed by atoms with van der Waals surface area (Å²) >= 11 is 13.4. The second-order valence-corrected chi connectivity index (χ2v) is 7.74. The van der Waals surface area contributed by atoms with E-state index in [2.05, 4.69) is 15.6 Å². The summed E-state index contributed by atoms with van der Waals surface area (Å²) in [5, 5.41) is 6.64. The van der Waals surface area contributed by atoms with Crippen LogP contribution in [0.15, 0.2) is 48.7 Å². The third-order valence-corrected chi connectivity index (χ3v) is 5.20. The van der Waals surface area contributed by atoms with E-state index >= 15 is 0 Å². The molecule has 0 unspecified atom stereocenters. The Morgan fingerprint density at radius 3 is 2.57 bits per heavy atom. The van der Waals surface area contributed by atoms with Crippen LogP contribution in [-0.2, 0) is 11.2 Å². The molecule has 0 spiro atoms. The quantitative estimate of drug-likeness (QED) is 0.594. The monoisotopic (exact) mass is 437 g/mol. The molecule has 0 aliphatic rings. The Morgan fingerprint density at radius 2 is 1.86 bits per heavy atom. The van der Waals surface area contributed by atoms with Gasteiger partial charge in [0.2, 0.25) is 5.91 Å². The van der Waals surface area contributed by atoms with Gasteiger partial charge in [-0.05, 0) is 42.0 Å². The number of amides is 2. The molecule has 2 N–H and O–H groups in total. The first-order valence-electron chi connectivity index (χ1n) is 8.13. The molecule has 0 atom stereocenters. The molecule has 2 amide bonds. The average Bonchev–Trinajstić information content (AvgIpc) is 3.09. The van der Waals surface area contributed by atoms with Gasteiger partial charge in [0.25, 0.3) is 5.91 Å². The lowest BCUT2D eigenvalue weighted by Crippen LogP contribution is -2.32. The summed E-state index contributed by atoms with van der Waals surface area (Å²) in [6.45, 7) is -0.228. The van der Waals surface area contributed by atoms with E-state index in [1.54, 1.807) is 18.3 Å². The summed E-state index contributed by atoms with van der Waals surface area (Å²) in [6, 6.07) is 10.3. The molecule has 1 heterocycles. The molecule has 0 saturated heterocycles. The number of hydrogen-bond acceptors (Lipinski definition) is 4. The van der Waals surface area contributed by atoms with E-state index in [-0.39, 0.29) is 12.1 Å². The highest BCUT2D eigenvalue weighted by atomic mass is 35.5. The maximum absolute atomic E-state index is 12.9. The third-order valence-electron chi connectivity index (χ3n) is 3.70. The number of carbonyl (C=O) groups excluding carboxylic acids is 2. The fourth-order valence-electron chi connectivity index (χ4n) is 2.33. The lowest BCUT2D eigenvalue weighted by molar-refractivity contribution is -0.115. The highest BCUT2D eigenvalue weighted by molar-refractivity contribution is 7.15. The van der Waals surface area contributed by atoms with Crippen LogP contribution in [0.4, 0.5) is 9.52 Å². The minimum Gasteiger partial charge on any atom is -0.343 e. The van der Waals surface area contributed by atoms with Gasteiger partial charge in [-0.15, -0.1) is 11.3 Å². The van der Waals surface area contributed by atoms with Crippen molar-refractivity contribution >= 4 is 51.5 Å². The van der Waals surface area contributed by atoms with E-state index < -0.39 is 17.6 Å². The number of benzene rings is 2. The first-order valence-corrected chi connectivity index (χ1v) is 9.70. The van der Waals surface area contributed by atoms with E-state index in [0.717, 1.165) is 10.4 Å². The van der Waals surface area contributed by atoms with Crippen molar-refractivity contribution < 1.29 is 14.0 Å². The Bertz CT molecular complexity index is 1010. The van der Waals surface area contributed by atoms with Crippen molar-refractivity contribution in [3.05, 3.63) is 80.5 Å². The van der Waals surface area contributed by atoms with Gasteiger partial charge in [0, 0.05) is 33.1 Å². The molecule has 2 aromatic carbocycles. The van der Waals surface area contributed by atoms with Gasteiger partial charge < -0.3 is 10.6 Å². The maximum atomic E-state index is 12.9. The van der Waals surface area contributed by atoms with Crippen molar-refractivity contribution in [3.63, 3.8) is 0 Å². The Morgan fingerprint density at radius 1 is 1.11 bits per heavy atom. The van der Waals surface area contributed by atoms with Gasteiger partial charge in [-0.25, -0.2) is 9.37 Å². The number of halogens is 3. The molecule has 0 radical (unpaired) electrons. The van der Waals surface area contributed by atoms with E-state index in [4.69, 9.17) is 23.2 Å². The topological polar surface area (TPSA) is 71.1 Å². The Hall–Kier alpha value is -2.48.